The van der Waals surface area contributed by atoms with Crippen LogP contribution in [-0.4, -0.2) is 14.7 Å². The fourth-order valence-corrected chi connectivity index (χ4v) is 2.21. The van der Waals surface area contributed by atoms with Gasteiger partial charge in [-0.2, -0.15) is 5.10 Å². The molecule has 3 rings (SSSR count). The van der Waals surface area contributed by atoms with Crippen molar-refractivity contribution in [1.29, 1.82) is 0 Å². The first-order chi connectivity index (χ1) is 9.65. The Balaban J connectivity index is 1.89. The van der Waals surface area contributed by atoms with Crippen LogP contribution >= 0.6 is 0 Å². The van der Waals surface area contributed by atoms with E-state index in [1.165, 1.54) is 6.07 Å². The minimum atomic E-state index is -0.908. The van der Waals surface area contributed by atoms with Gasteiger partial charge in [0.2, 0.25) is 0 Å². The van der Waals surface area contributed by atoms with Gasteiger partial charge in [-0.25, -0.2) is 13.3 Å². The number of fused-ring (bicyclic) bond motifs is 1. The molecule has 2 aromatic heterocycles. The maximum absolute atomic E-state index is 13.2. The van der Waals surface area contributed by atoms with Crippen LogP contribution in [0.5, 0.6) is 0 Å². The second-order valence-corrected chi connectivity index (χ2v) is 4.60. The van der Waals surface area contributed by atoms with Crippen molar-refractivity contribution >= 4 is 5.52 Å². The Hall–Kier alpha value is -2.27. The van der Waals surface area contributed by atoms with Crippen molar-refractivity contribution < 1.29 is 13.9 Å². The molecule has 20 heavy (non-hydrogen) atoms. The standard InChI is InChI=1S/C15H12F2N2O/c16-12-5-4-10(7-13(12)17)8-15(20)11-9-18-19-6-2-1-3-14(11)19/h1-7,9,15,20H,8H2. The van der Waals surface area contributed by atoms with E-state index in [9.17, 15) is 13.9 Å². The van der Waals surface area contributed by atoms with Crippen molar-refractivity contribution in [2.45, 2.75) is 12.5 Å². The van der Waals surface area contributed by atoms with Gasteiger partial charge < -0.3 is 5.11 Å². The number of aromatic nitrogens is 2. The van der Waals surface area contributed by atoms with Gasteiger partial charge in [-0.05, 0) is 29.8 Å². The number of benzene rings is 1. The van der Waals surface area contributed by atoms with Gasteiger partial charge in [0, 0.05) is 18.2 Å². The van der Waals surface area contributed by atoms with E-state index in [1.54, 1.807) is 16.9 Å². The molecule has 1 aromatic carbocycles. The first-order valence-electron chi connectivity index (χ1n) is 6.19. The lowest BCUT2D eigenvalue weighted by Gasteiger charge is -2.09. The Morgan fingerprint density at radius 3 is 2.80 bits per heavy atom. The lowest BCUT2D eigenvalue weighted by molar-refractivity contribution is 0.180. The lowest BCUT2D eigenvalue weighted by Crippen LogP contribution is -2.02. The second kappa shape index (κ2) is 5.02. The average Bonchev–Trinajstić information content (AvgIpc) is 2.87. The van der Waals surface area contributed by atoms with Gasteiger partial charge in [0.15, 0.2) is 11.6 Å². The van der Waals surface area contributed by atoms with Gasteiger partial charge in [0.05, 0.1) is 17.8 Å². The third-order valence-corrected chi connectivity index (χ3v) is 3.23. The van der Waals surface area contributed by atoms with Crippen molar-refractivity contribution in [1.82, 2.24) is 9.61 Å². The topological polar surface area (TPSA) is 37.5 Å². The zero-order valence-electron chi connectivity index (χ0n) is 10.5. The minimum absolute atomic E-state index is 0.202. The lowest BCUT2D eigenvalue weighted by atomic mass is 10.0. The summed E-state index contributed by atoms with van der Waals surface area (Å²) in [7, 11) is 0. The molecule has 5 heteroatoms. The monoisotopic (exact) mass is 274 g/mol. The Labute approximate surface area is 114 Å². The van der Waals surface area contributed by atoms with E-state index in [4.69, 9.17) is 0 Å². The van der Waals surface area contributed by atoms with Gasteiger partial charge >= 0.3 is 0 Å². The van der Waals surface area contributed by atoms with Crippen LogP contribution in [0.25, 0.3) is 5.52 Å². The molecule has 0 saturated carbocycles. The van der Waals surface area contributed by atoms with Crippen LogP contribution in [0.15, 0.2) is 48.8 Å². The van der Waals surface area contributed by atoms with Crippen LogP contribution in [-0.2, 0) is 6.42 Å². The van der Waals surface area contributed by atoms with Crippen molar-refractivity contribution in [2.24, 2.45) is 0 Å². The summed E-state index contributed by atoms with van der Waals surface area (Å²) < 4.78 is 27.7. The zero-order valence-corrected chi connectivity index (χ0v) is 10.5. The molecule has 3 nitrogen and oxygen atoms in total. The van der Waals surface area contributed by atoms with Gasteiger partial charge in [-0.3, -0.25) is 0 Å². The van der Waals surface area contributed by atoms with Crippen LogP contribution in [0, 0.1) is 11.6 Å². The van der Waals surface area contributed by atoms with Crippen LogP contribution in [0.4, 0.5) is 8.78 Å². The molecular weight excluding hydrogens is 262 g/mol. The van der Waals surface area contributed by atoms with E-state index in [-0.39, 0.29) is 6.42 Å². The number of hydrogen-bond acceptors (Lipinski definition) is 2. The normalized spacial score (nSPS) is 12.8. The van der Waals surface area contributed by atoms with Crippen molar-refractivity contribution in [3.05, 3.63) is 71.6 Å². The summed E-state index contributed by atoms with van der Waals surface area (Å²) in [5.41, 5.74) is 1.99. The van der Waals surface area contributed by atoms with Gasteiger partial charge in [0.25, 0.3) is 0 Å². The Morgan fingerprint density at radius 1 is 1.15 bits per heavy atom. The molecule has 1 atom stereocenters. The molecule has 0 aliphatic carbocycles. The Bertz CT molecular complexity index is 754. The highest BCUT2D eigenvalue weighted by Gasteiger charge is 2.15. The Kier molecular flexibility index (Phi) is 3.20. The molecule has 0 aliphatic rings. The van der Waals surface area contributed by atoms with E-state index in [2.05, 4.69) is 5.10 Å². The summed E-state index contributed by atoms with van der Waals surface area (Å²) in [5.74, 6) is -1.80. The molecule has 0 saturated heterocycles. The summed E-state index contributed by atoms with van der Waals surface area (Å²) in [6.45, 7) is 0. The Morgan fingerprint density at radius 2 is 2.00 bits per heavy atom. The third kappa shape index (κ3) is 2.28. The second-order valence-electron chi connectivity index (χ2n) is 4.60. The van der Waals surface area contributed by atoms with Crippen molar-refractivity contribution in [3.8, 4) is 0 Å². The van der Waals surface area contributed by atoms with Crippen molar-refractivity contribution in [3.63, 3.8) is 0 Å². The molecule has 0 amide bonds. The smallest absolute Gasteiger partial charge is 0.159 e. The number of halogens is 2. The molecule has 0 aliphatic heterocycles. The predicted molar refractivity (Wildman–Crippen MR) is 70.2 cm³/mol. The molecule has 102 valence electrons. The van der Waals surface area contributed by atoms with E-state index >= 15 is 0 Å². The van der Waals surface area contributed by atoms with Crippen LogP contribution in [0.2, 0.25) is 0 Å². The van der Waals surface area contributed by atoms with Crippen LogP contribution in [0.1, 0.15) is 17.2 Å². The number of hydrogen-bond donors (Lipinski definition) is 1. The molecule has 2 heterocycles. The van der Waals surface area contributed by atoms with E-state index in [0.717, 1.165) is 17.6 Å². The summed E-state index contributed by atoms with van der Waals surface area (Å²) in [6.07, 6.45) is 2.75. The summed E-state index contributed by atoms with van der Waals surface area (Å²) >= 11 is 0. The first kappa shape index (κ1) is 12.7. The zero-order chi connectivity index (χ0) is 14.1. The fraction of sp³-hybridized carbons (Fsp3) is 0.133. The van der Waals surface area contributed by atoms with Gasteiger partial charge in [-0.1, -0.05) is 12.1 Å². The highest BCUT2D eigenvalue weighted by molar-refractivity contribution is 5.54. The van der Waals surface area contributed by atoms with E-state index < -0.39 is 17.7 Å². The number of aliphatic hydroxyl groups excluding tert-OH is 1. The summed E-state index contributed by atoms with van der Waals surface area (Å²) in [5, 5.41) is 14.4. The van der Waals surface area contributed by atoms with E-state index in [0.29, 0.717) is 11.1 Å². The predicted octanol–water partition coefficient (Wildman–Crippen LogP) is 2.89. The molecule has 0 spiro atoms. The summed E-state index contributed by atoms with van der Waals surface area (Å²) in [4.78, 5) is 0. The molecule has 1 N–H and O–H groups in total. The largest absolute Gasteiger partial charge is 0.388 e. The molecular formula is C15H12F2N2O. The molecule has 3 aromatic rings. The average molecular weight is 274 g/mol. The quantitative estimate of drug-likeness (QED) is 0.797. The minimum Gasteiger partial charge on any atom is -0.388 e. The number of pyridine rings is 1. The van der Waals surface area contributed by atoms with Crippen LogP contribution in [0.3, 0.4) is 0 Å². The SMILES string of the molecule is OC(Cc1ccc(F)c(F)c1)c1cnn2ccccc12. The number of nitrogens with zero attached hydrogens (tertiary/aromatic N) is 2. The fourth-order valence-electron chi connectivity index (χ4n) is 2.21. The summed E-state index contributed by atoms with van der Waals surface area (Å²) in [6, 6.07) is 9.16. The maximum Gasteiger partial charge on any atom is 0.159 e. The highest BCUT2D eigenvalue weighted by atomic mass is 19.2. The molecule has 0 fully saturated rings. The van der Waals surface area contributed by atoms with E-state index in [1.807, 2.05) is 18.2 Å². The maximum atomic E-state index is 13.2. The first-order valence-corrected chi connectivity index (χ1v) is 6.19. The highest BCUT2D eigenvalue weighted by Crippen LogP contribution is 2.23. The number of rotatable bonds is 3. The van der Waals surface area contributed by atoms with Gasteiger partial charge in [0.1, 0.15) is 0 Å². The number of aliphatic hydroxyl groups is 1. The third-order valence-electron chi connectivity index (χ3n) is 3.23. The molecule has 0 radical (unpaired) electrons. The van der Waals surface area contributed by atoms with Gasteiger partial charge in [-0.15, -0.1) is 0 Å². The molecule has 0 bridgehead atoms. The van der Waals surface area contributed by atoms with Crippen LogP contribution < -0.4 is 0 Å². The molecule has 1 unspecified atom stereocenters. The van der Waals surface area contributed by atoms with Crippen molar-refractivity contribution in [2.75, 3.05) is 0 Å².